The average Bonchev–Trinajstić information content (AvgIpc) is 3.65. The Morgan fingerprint density at radius 2 is 1.08 bits per heavy atom. The van der Waals surface area contributed by atoms with Gasteiger partial charge in [0.25, 0.3) is 0 Å². The van der Waals surface area contributed by atoms with E-state index in [2.05, 4.69) is 205 Å². The Labute approximate surface area is 343 Å². The molecule has 0 bridgehead atoms. The van der Waals surface area contributed by atoms with E-state index in [0.29, 0.717) is 0 Å². The molecule has 0 amide bonds. The van der Waals surface area contributed by atoms with Crippen LogP contribution in [-0.2, 0) is 6.42 Å². The van der Waals surface area contributed by atoms with Crippen LogP contribution in [0.2, 0.25) is 0 Å². The summed E-state index contributed by atoms with van der Waals surface area (Å²) in [4.78, 5) is 5.03. The predicted molar refractivity (Wildman–Crippen MR) is 250 cm³/mol. The van der Waals surface area contributed by atoms with Crippen molar-refractivity contribution in [1.82, 2.24) is 9.55 Å². The van der Waals surface area contributed by atoms with Gasteiger partial charge in [-0.25, -0.2) is 0 Å². The Balaban J connectivity index is 1.18. The maximum absolute atomic E-state index is 5.03. The second kappa shape index (κ2) is 13.5. The first-order valence-corrected chi connectivity index (χ1v) is 20.6. The summed E-state index contributed by atoms with van der Waals surface area (Å²) in [5, 5.41) is 9.94. The number of fused-ring (bicyclic) bond motifs is 7. The van der Waals surface area contributed by atoms with Gasteiger partial charge in [-0.3, -0.25) is 4.98 Å². The Bertz CT molecular complexity index is 3480. The summed E-state index contributed by atoms with van der Waals surface area (Å²) in [7, 11) is 0. The van der Waals surface area contributed by atoms with Gasteiger partial charge in [0.2, 0.25) is 0 Å². The third-order valence-electron chi connectivity index (χ3n) is 12.5. The van der Waals surface area contributed by atoms with Crippen LogP contribution in [0.3, 0.4) is 0 Å². The molecule has 0 unspecified atom stereocenters. The molecule has 2 heteroatoms. The molecule has 2 nitrogen and oxygen atoms in total. The molecule has 0 atom stereocenters. The fourth-order valence-electron chi connectivity index (χ4n) is 9.91. The highest BCUT2D eigenvalue weighted by atomic mass is 15.0. The van der Waals surface area contributed by atoms with Crippen LogP contribution in [0.4, 0.5) is 0 Å². The minimum atomic E-state index is 0.994. The van der Waals surface area contributed by atoms with E-state index in [1.807, 2.05) is 6.20 Å². The van der Waals surface area contributed by atoms with Gasteiger partial charge in [-0.1, -0.05) is 164 Å². The molecular formula is C57H38N2. The molecule has 0 spiro atoms. The normalized spacial score (nSPS) is 12.5. The maximum atomic E-state index is 5.03. The summed E-state index contributed by atoms with van der Waals surface area (Å²) in [6, 6.07) is 69.1. The van der Waals surface area contributed by atoms with E-state index in [4.69, 9.17) is 4.98 Å². The zero-order valence-electron chi connectivity index (χ0n) is 32.4. The predicted octanol–water partition coefficient (Wildman–Crippen LogP) is 15.3. The summed E-state index contributed by atoms with van der Waals surface area (Å²) >= 11 is 0. The second-order valence-electron chi connectivity index (χ2n) is 15.7. The second-order valence-corrected chi connectivity index (χ2v) is 15.7. The zero-order chi connectivity index (χ0) is 38.9. The summed E-state index contributed by atoms with van der Waals surface area (Å²) in [6.45, 7) is 0. The number of pyridine rings is 1. The average molecular weight is 751 g/mol. The largest absolute Gasteiger partial charge is 0.309 e. The van der Waals surface area contributed by atoms with Gasteiger partial charge in [-0.15, -0.1) is 0 Å². The molecule has 2 aromatic heterocycles. The van der Waals surface area contributed by atoms with Crippen molar-refractivity contribution in [2.45, 2.75) is 12.8 Å². The highest BCUT2D eigenvalue weighted by Gasteiger charge is 2.23. The van der Waals surface area contributed by atoms with Crippen molar-refractivity contribution in [3.63, 3.8) is 0 Å². The van der Waals surface area contributed by atoms with Gasteiger partial charge in [0.05, 0.1) is 16.7 Å². The first-order valence-electron chi connectivity index (χ1n) is 20.6. The molecule has 0 saturated carbocycles. The molecule has 12 rings (SSSR count). The number of aromatic nitrogens is 2. The Kier molecular flexibility index (Phi) is 7.71. The van der Waals surface area contributed by atoms with Crippen LogP contribution in [0.1, 0.15) is 17.5 Å². The highest BCUT2D eigenvalue weighted by molar-refractivity contribution is 6.24. The third-order valence-corrected chi connectivity index (χ3v) is 12.5. The number of allylic oxidation sites excluding steroid dienone is 1. The molecular weight excluding hydrogens is 713 g/mol. The van der Waals surface area contributed by atoms with Gasteiger partial charge < -0.3 is 4.57 Å². The summed E-state index contributed by atoms with van der Waals surface area (Å²) < 4.78 is 2.38. The van der Waals surface area contributed by atoms with Gasteiger partial charge in [-0.05, 0) is 126 Å². The smallest absolute Gasteiger partial charge is 0.0802 e. The van der Waals surface area contributed by atoms with Crippen molar-refractivity contribution >= 4 is 60.2 Å². The number of para-hydroxylation sites is 1. The molecule has 0 fully saturated rings. The van der Waals surface area contributed by atoms with E-state index < -0.39 is 0 Å². The van der Waals surface area contributed by atoms with Crippen LogP contribution in [0.5, 0.6) is 0 Å². The fourth-order valence-corrected chi connectivity index (χ4v) is 9.91. The maximum Gasteiger partial charge on any atom is 0.0802 e. The van der Waals surface area contributed by atoms with Crippen LogP contribution >= 0.6 is 0 Å². The first kappa shape index (κ1) is 33.6. The van der Waals surface area contributed by atoms with Crippen molar-refractivity contribution in [2.24, 2.45) is 0 Å². The standard InChI is InChI=1S/C57H38N2/c1-3-17-39(18-4-1)57-56-51-36-41(30-32-52(51)59(53(56)33-34-58-57)42-21-5-2-6-22-42)40-29-31-49-50(35-40)55(46-28-14-20-38-16-8-10-24-44(38)46)48-26-12-11-25-47(48)54(49)45-27-13-19-37-15-7-9-23-43(37)45/h1-8,10-22,24-36H,9,23H2. The Hall–Kier alpha value is -7.55. The lowest BCUT2D eigenvalue weighted by molar-refractivity contribution is 0.988. The highest BCUT2D eigenvalue weighted by Crippen LogP contribution is 2.48. The van der Waals surface area contributed by atoms with Crippen LogP contribution < -0.4 is 0 Å². The van der Waals surface area contributed by atoms with Crippen molar-refractivity contribution in [1.29, 1.82) is 0 Å². The van der Waals surface area contributed by atoms with Crippen molar-refractivity contribution in [3.8, 4) is 50.3 Å². The number of hydrogen-bond donors (Lipinski definition) is 0. The van der Waals surface area contributed by atoms with Gasteiger partial charge in [0, 0.05) is 28.2 Å². The molecule has 2 heterocycles. The van der Waals surface area contributed by atoms with E-state index in [-0.39, 0.29) is 0 Å². The molecule has 11 aromatic rings. The van der Waals surface area contributed by atoms with Crippen LogP contribution in [-0.4, -0.2) is 9.55 Å². The number of hydrogen-bond acceptors (Lipinski definition) is 1. The molecule has 0 aliphatic heterocycles. The topological polar surface area (TPSA) is 17.8 Å². The molecule has 59 heavy (non-hydrogen) atoms. The first-order chi connectivity index (χ1) is 29.3. The minimum Gasteiger partial charge on any atom is -0.309 e. The lowest BCUT2D eigenvalue weighted by Crippen LogP contribution is -1.99. The fraction of sp³-hybridized carbons (Fsp3) is 0.0351. The van der Waals surface area contributed by atoms with Gasteiger partial charge in [0.15, 0.2) is 0 Å². The van der Waals surface area contributed by atoms with Gasteiger partial charge >= 0.3 is 0 Å². The van der Waals surface area contributed by atoms with Crippen molar-refractivity contribution in [3.05, 3.63) is 211 Å². The molecule has 0 N–H and O–H groups in total. The molecule has 0 radical (unpaired) electrons. The van der Waals surface area contributed by atoms with Crippen molar-refractivity contribution in [2.75, 3.05) is 0 Å². The summed E-state index contributed by atoms with van der Waals surface area (Å²) in [5.41, 5.74) is 15.9. The zero-order valence-corrected chi connectivity index (χ0v) is 32.4. The van der Waals surface area contributed by atoms with E-state index in [9.17, 15) is 0 Å². The van der Waals surface area contributed by atoms with Crippen molar-refractivity contribution < 1.29 is 0 Å². The number of benzene rings is 9. The summed E-state index contributed by atoms with van der Waals surface area (Å²) in [6.07, 6.45) is 8.66. The number of nitrogens with zero attached hydrogens (tertiary/aromatic N) is 2. The molecule has 1 aliphatic carbocycles. The quantitative estimate of drug-likeness (QED) is 0.160. The lowest BCUT2D eigenvalue weighted by atomic mass is 9.81. The molecule has 1 aliphatic rings. The van der Waals surface area contributed by atoms with E-state index in [1.165, 1.54) is 82.2 Å². The van der Waals surface area contributed by atoms with Gasteiger partial charge in [0.1, 0.15) is 0 Å². The van der Waals surface area contributed by atoms with E-state index in [1.54, 1.807) is 0 Å². The molecule has 0 saturated heterocycles. The van der Waals surface area contributed by atoms with E-state index >= 15 is 0 Å². The van der Waals surface area contributed by atoms with Crippen LogP contribution in [0.15, 0.2) is 200 Å². The third kappa shape index (κ3) is 5.30. The SMILES string of the molecule is C1=Cc2cccc(-c3c4ccccc4c(-c4cccc5ccccc45)c4cc(-c5ccc6c(c5)c5c(-c7ccccc7)nccc5n6-c5ccccc5)ccc34)c2CC1. The molecule has 276 valence electrons. The summed E-state index contributed by atoms with van der Waals surface area (Å²) in [5.74, 6) is 0. The monoisotopic (exact) mass is 750 g/mol. The molecule has 9 aromatic carbocycles. The minimum absolute atomic E-state index is 0.994. The van der Waals surface area contributed by atoms with Crippen LogP contribution in [0.25, 0.3) is 111 Å². The van der Waals surface area contributed by atoms with E-state index in [0.717, 1.165) is 46.2 Å². The Morgan fingerprint density at radius 3 is 1.92 bits per heavy atom. The number of rotatable bonds is 5. The van der Waals surface area contributed by atoms with Gasteiger partial charge in [-0.2, -0.15) is 0 Å². The Morgan fingerprint density at radius 1 is 0.441 bits per heavy atom. The van der Waals surface area contributed by atoms with Crippen LogP contribution in [0, 0.1) is 0 Å². The lowest BCUT2D eigenvalue weighted by Gasteiger charge is -2.22.